The van der Waals surface area contributed by atoms with E-state index in [2.05, 4.69) is 35.3 Å². The minimum absolute atomic E-state index is 0.848. The number of benzene rings is 1. The molecule has 3 rings (SSSR count). The van der Waals surface area contributed by atoms with Crippen molar-refractivity contribution in [3.63, 3.8) is 0 Å². The number of hydrogen-bond acceptors (Lipinski definition) is 2. The topological polar surface area (TPSA) is 15.3 Å². The molecule has 1 aliphatic heterocycles. The molecule has 1 fully saturated rings. The van der Waals surface area contributed by atoms with E-state index in [0.717, 1.165) is 6.04 Å². The Morgan fingerprint density at radius 2 is 2.22 bits per heavy atom. The van der Waals surface area contributed by atoms with Crippen molar-refractivity contribution in [2.75, 3.05) is 24.5 Å². The van der Waals surface area contributed by atoms with E-state index in [0.29, 0.717) is 0 Å². The van der Waals surface area contributed by atoms with E-state index in [1.165, 1.54) is 63.0 Å². The second kappa shape index (κ2) is 5.31. The van der Waals surface area contributed by atoms with E-state index in [4.69, 9.17) is 0 Å². The van der Waals surface area contributed by atoms with Crippen molar-refractivity contribution in [3.8, 4) is 0 Å². The van der Waals surface area contributed by atoms with Crippen LogP contribution in [0.2, 0.25) is 0 Å². The maximum atomic E-state index is 3.60. The van der Waals surface area contributed by atoms with Crippen LogP contribution in [0, 0.1) is 6.92 Å². The highest BCUT2D eigenvalue weighted by atomic mass is 15.1. The predicted molar refractivity (Wildman–Crippen MR) is 77.4 cm³/mol. The van der Waals surface area contributed by atoms with Gasteiger partial charge in [-0.3, -0.25) is 0 Å². The monoisotopic (exact) mass is 244 g/mol. The van der Waals surface area contributed by atoms with Gasteiger partial charge in [-0.05, 0) is 57.2 Å². The molecular weight excluding hydrogens is 220 g/mol. The Hall–Kier alpha value is -1.02. The summed E-state index contributed by atoms with van der Waals surface area (Å²) in [5.74, 6) is 0. The third kappa shape index (κ3) is 2.86. The van der Waals surface area contributed by atoms with Gasteiger partial charge in [-0.1, -0.05) is 17.7 Å². The van der Waals surface area contributed by atoms with Gasteiger partial charge in [-0.25, -0.2) is 0 Å². The molecule has 1 aromatic rings. The van der Waals surface area contributed by atoms with E-state index in [9.17, 15) is 0 Å². The highest BCUT2D eigenvalue weighted by Gasteiger charge is 2.20. The average molecular weight is 244 g/mol. The highest BCUT2D eigenvalue weighted by Crippen LogP contribution is 2.28. The lowest BCUT2D eigenvalue weighted by atomic mass is 9.99. The molecule has 1 aliphatic carbocycles. The number of nitrogens with zero attached hydrogens (tertiary/aromatic N) is 1. The maximum Gasteiger partial charge on any atom is 0.0398 e. The van der Waals surface area contributed by atoms with Gasteiger partial charge in [0.25, 0.3) is 0 Å². The number of anilines is 1. The summed E-state index contributed by atoms with van der Waals surface area (Å²) in [6.45, 7) is 5.82. The first kappa shape index (κ1) is 12.0. The molecule has 0 spiro atoms. The molecule has 0 aromatic heterocycles. The second-order valence-corrected chi connectivity index (χ2v) is 5.80. The normalized spacial score (nSPS) is 18.8. The third-order valence-corrected chi connectivity index (χ3v) is 4.07. The quantitative estimate of drug-likeness (QED) is 0.801. The van der Waals surface area contributed by atoms with E-state index < -0.39 is 0 Å². The molecule has 2 heteroatoms. The van der Waals surface area contributed by atoms with Crippen LogP contribution in [0.5, 0.6) is 0 Å². The van der Waals surface area contributed by atoms with Crippen molar-refractivity contribution in [3.05, 3.63) is 29.3 Å². The first-order chi connectivity index (χ1) is 8.83. The molecule has 0 saturated heterocycles. The molecule has 0 amide bonds. The molecule has 18 heavy (non-hydrogen) atoms. The van der Waals surface area contributed by atoms with Gasteiger partial charge in [0.2, 0.25) is 0 Å². The van der Waals surface area contributed by atoms with Crippen molar-refractivity contribution in [1.29, 1.82) is 0 Å². The number of rotatable bonds is 5. The summed E-state index contributed by atoms with van der Waals surface area (Å²) in [4.78, 5) is 2.58. The molecule has 0 radical (unpaired) electrons. The molecule has 98 valence electrons. The van der Waals surface area contributed by atoms with Crippen molar-refractivity contribution in [2.24, 2.45) is 0 Å². The predicted octanol–water partition coefficient (Wildman–Crippen LogP) is 2.89. The molecule has 0 unspecified atom stereocenters. The summed E-state index contributed by atoms with van der Waals surface area (Å²) < 4.78 is 0. The van der Waals surface area contributed by atoms with E-state index in [1.807, 2.05) is 0 Å². The molecule has 2 aliphatic rings. The molecule has 2 nitrogen and oxygen atoms in total. The first-order valence-corrected chi connectivity index (χ1v) is 7.41. The van der Waals surface area contributed by atoms with Gasteiger partial charge in [0.1, 0.15) is 0 Å². The molecule has 1 aromatic carbocycles. The van der Waals surface area contributed by atoms with Crippen molar-refractivity contribution >= 4 is 5.69 Å². The van der Waals surface area contributed by atoms with E-state index >= 15 is 0 Å². The molecular formula is C16H24N2. The van der Waals surface area contributed by atoms with Crippen molar-refractivity contribution in [2.45, 2.75) is 45.1 Å². The van der Waals surface area contributed by atoms with Gasteiger partial charge in [-0.2, -0.15) is 0 Å². The fourth-order valence-electron chi connectivity index (χ4n) is 2.90. The fraction of sp³-hybridized carbons (Fsp3) is 0.625. The molecule has 1 heterocycles. The fourth-order valence-corrected chi connectivity index (χ4v) is 2.90. The Bertz CT molecular complexity index is 410. The maximum absolute atomic E-state index is 3.60. The zero-order valence-electron chi connectivity index (χ0n) is 11.4. The Labute approximate surface area is 110 Å². The van der Waals surface area contributed by atoms with Crippen molar-refractivity contribution < 1.29 is 0 Å². The van der Waals surface area contributed by atoms with Gasteiger partial charge in [-0.15, -0.1) is 0 Å². The van der Waals surface area contributed by atoms with Crippen LogP contribution in [0.15, 0.2) is 18.2 Å². The third-order valence-electron chi connectivity index (χ3n) is 4.07. The lowest BCUT2D eigenvalue weighted by molar-refractivity contribution is 0.611. The summed E-state index contributed by atoms with van der Waals surface area (Å²) in [6.07, 6.45) is 6.63. The zero-order chi connectivity index (χ0) is 12.4. The van der Waals surface area contributed by atoms with Gasteiger partial charge in [0.05, 0.1) is 0 Å². The van der Waals surface area contributed by atoms with Gasteiger partial charge < -0.3 is 10.2 Å². The Kier molecular flexibility index (Phi) is 3.55. The van der Waals surface area contributed by atoms with Crippen LogP contribution in [0.4, 0.5) is 5.69 Å². The van der Waals surface area contributed by atoms with Gasteiger partial charge >= 0.3 is 0 Å². The van der Waals surface area contributed by atoms with Crippen LogP contribution < -0.4 is 10.2 Å². The number of hydrogen-bond donors (Lipinski definition) is 1. The number of aryl methyl sites for hydroxylation is 2. The standard InChI is InChI=1S/C16H24N2/c1-13-5-8-16-14(12-13)4-2-10-18(16)11-3-9-17-15-6-7-15/h5,8,12,15,17H,2-4,6-7,9-11H2,1H3. The molecule has 1 N–H and O–H groups in total. The highest BCUT2D eigenvalue weighted by molar-refractivity contribution is 5.56. The van der Waals surface area contributed by atoms with E-state index in [-0.39, 0.29) is 0 Å². The van der Waals surface area contributed by atoms with Crippen LogP contribution in [-0.2, 0) is 6.42 Å². The summed E-state index contributed by atoms with van der Waals surface area (Å²) >= 11 is 0. The van der Waals surface area contributed by atoms with Gasteiger partial charge in [0, 0.05) is 24.8 Å². The minimum Gasteiger partial charge on any atom is -0.371 e. The van der Waals surface area contributed by atoms with Crippen LogP contribution >= 0.6 is 0 Å². The van der Waals surface area contributed by atoms with Crippen LogP contribution in [0.3, 0.4) is 0 Å². The van der Waals surface area contributed by atoms with E-state index in [1.54, 1.807) is 5.56 Å². The average Bonchev–Trinajstić information content (AvgIpc) is 3.18. The molecule has 0 atom stereocenters. The Morgan fingerprint density at radius 1 is 1.33 bits per heavy atom. The zero-order valence-corrected chi connectivity index (χ0v) is 11.4. The summed E-state index contributed by atoms with van der Waals surface area (Å²) in [5.41, 5.74) is 4.43. The molecule has 1 saturated carbocycles. The Morgan fingerprint density at radius 3 is 3.06 bits per heavy atom. The number of nitrogens with one attached hydrogen (secondary N) is 1. The summed E-state index contributed by atoms with van der Waals surface area (Å²) in [6, 6.07) is 7.78. The van der Waals surface area contributed by atoms with Crippen LogP contribution in [0.1, 0.15) is 36.8 Å². The summed E-state index contributed by atoms with van der Waals surface area (Å²) in [7, 11) is 0. The van der Waals surface area contributed by atoms with Crippen molar-refractivity contribution in [1.82, 2.24) is 5.32 Å². The smallest absolute Gasteiger partial charge is 0.0398 e. The molecule has 0 bridgehead atoms. The van der Waals surface area contributed by atoms with Crippen LogP contribution in [-0.4, -0.2) is 25.7 Å². The minimum atomic E-state index is 0.848. The largest absolute Gasteiger partial charge is 0.371 e. The Balaban J connectivity index is 1.56. The lowest BCUT2D eigenvalue weighted by Crippen LogP contribution is -2.32. The van der Waals surface area contributed by atoms with Crippen LogP contribution in [0.25, 0.3) is 0 Å². The number of fused-ring (bicyclic) bond motifs is 1. The van der Waals surface area contributed by atoms with Gasteiger partial charge in [0.15, 0.2) is 0 Å². The SMILES string of the molecule is Cc1ccc2c(c1)CCCN2CCCNC1CC1. The first-order valence-electron chi connectivity index (χ1n) is 7.41. The summed E-state index contributed by atoms with van der Waals surface area (Å²) in [5, 5.41) is 3.60. The second-order valence-electron chi connectivity index (χ2n) is 5.80. The lowest BCUT2D eigenvalue weighted by Gasteiger charge is -2.31.